The molecule has 2 fully saturated rings. The maximum absolute atomic E-state index is 14.2. The van der Waals surface area contributed by atoms with Gasteiger partial charge in [-0.2, -0.15) is 13.2 Å². The Bertz CT molecular complexity index is 1280. The van der Waals surface area contributed by atoms with Crippen molar-refractivity contribution in [3.8, 4) is 5.75 Å². The molecular weight excluding hydrogens is 557 g/mol. The van der Waals surface area contributed by atoms with Crippen molar-refractivity contribution in [2.24, 2.45) is 17.3 Å². The minimum Gasteiger partial charge on any atom is -0.496 e. The summed E-state index contributed by atoms with van der Waals surface area (Å²) in [6.07, 6.45) is -0.0440. The molecule has 1 aliphatic carbocycles. The molecule has 0 aromatic heterocycles. The van der Waals surface area contributed by atoms with Crippen molar-refractivity contribution in [2.45, 2.75) is 103 Å². The van der Waals surface area contributed by atoms with Crippen LogP contribution in [0.4, 0.5) is 13.2 Å². The van der Waals surface area contributed by atoms with Gasteiger partial charge in [-0.25, -0.2) is 4.79 Å². The van der Waals surface area contributed by atoms with Crippen molar-refractivity contribution >= 4 is 11.9 Å². The molecule has 236 valence electrons. The average molecular weight is 603 g/mol. The highest BCUT2D eigenvalue weighted by atomic mass is 19.4. The highest BCUT2D eigenvalue weighted by molar-refractivity contribution is 5.87. The number of rotatable bonds is 8. The number of hydrogen-bond acceptors (Lipinski definition) is 4. The Kier molecular flexibility index (Phi) is 9.55. The van der Waals surface area contributed by atoms with E-state index in [-0.39, 0.29) is 23.9 Å². The number of halogens is 3. The maximum atomic E-state index is 14.2. The Morgan fingerprint density at radius 3 is 2.14 bits per heavy atom. The Labute approximate surface area is 253 Å². The van der Waals surface area contributed by atoms with Crippen LogP contribution in [0.5, 0.6) is 5.75 Å². The van der Waals surface area contributed by atoms with Gasteiger partial charge >= 0.3 is 12.1 Å². The van der Waals surface area contributed by atoms with E-state index in [1.54, 1.807) is 11.0 Å². The zero-order valence-electron chi connectivity index (χ0n) is 26.0. The number of carboxylic acids is 1. The number of carbonyl (C=O) groups is 2. The van der Waals surface area contributed by atoms with Gasteiger partial charge in [-0.05, 0) is 55.4 Å². The summed E-state index contributed by atoms with van der Waals surface area (Å²) < 4.78 is 47.3. The van der Waals surface area contributed by atoms with Crippen LogP contribution in [-0.2, 0) is 21.5 Å². The molecular formula is C34H45F3N2O4. The Hall–Kier alpha value is -3.07. The normalized spacial score (nSPS) is 23.8. The minimum atomic E-state index is -4.46. The van der Waals surface area contributed by atoms with Gasteiger partial charge in [0.05, 0.1) is 18.6 Å². The van der Waals surface area contributed by atoms with E-state index >= 15 is 0 Å². The van der Waals surface area contributed by atoms with Gasteiger partial charge in [-0.15, -0.1) is 0 Å². The fourth-order valence-electron chi connectivity index (χ4n) is 6.98. The topological polar surface area (TPSA) is 78.9 Å². The Morgan fingerprint density at radius 1 is 0.977 bits per heavy atom. The first kappa shape index (κ1) is 32.8. The highest BCUT2D eigenvalue weighted by Crippen LogP contribution is 2.49. The molecule has 6 nitrogen and oxygen atoms in total. The van der Waals surface area contributed by atoms with Crippen LogP contribution in [0.3, 0.4) is 0 Å². The van der Waals surface area contributed by atoms with Gasteiger partial charge in [-0.3, -0.25) is 4.79 Å². The van der Waals surface area contributed by atoms with Crippen LogP contribution in [0, 0.1) is 17.3 Å². The Balaban J connectivity index is 1.81. The second kappa shape index (κ2) is 12.5. The molecule has 2 aliphatic rings. The summed E-state index contributed by atoms with van der Waals surface area (Å²) in [6.45, 7) is 8.36. The lowest BCUT2D eigenvalue weighted by Crippen LogP contribution is -2.49. The van der Waals surface area contributed by atoms with E-state index in [1.165, 1.54) is 19.2 Å². The van der Waals surface area contributed by atoms with Crippen LogP contribution in [0.15, 0.2) is 48.5 Å². The van der Waals surface area contributed by atoms with E-state index < -0.39 is 47.0 Å². The SMILES string of the molecule is COc1ccc(C(C)(C)C(F)(F)F)cc1CN[C@H]1[C@H](C(C)(C)C)[C@@H](C(=O)O)N(C(=O)C2CCCCC2)[C@H]1c1ccccc1. The van der Waals surface area contributed by atoms with Gasteiger partial charge in [0.15, 0.2) is 0 Å². The third kappa shape index (κ3) is 6.56. The van der Waals surface area contributed by atoms with Crippen molar-refractivity contribution in [2.75, 3.05) is 7.11 Å². The predicted octanol–water partition coefficient (Wildman–Crippen LogP) is 7.27. The number of aliphatic carboxylic acids is 1. The number of benzene rings is 2. The highest BCUT2D eigenvalue weighted by Gasteiger charge is 2.58. The lowest BCUT2D eigenvalue weighted by atomic mass is 9.72. The van der Waals surface area contributed by atoms with Gasteiger partial charge in [0.25, 0.3) is 0 Å². The molecule has 1 amide bonds. The first-order chi connectivity index (χ1) is 20.1. The van der Waals surface area contributed by atoms with Crippen molar-refractivity contribution in [1.82, 2.24) is 10.2 Å². The molecule has 2 aromatic carbocycles. The molecule has 2 aromatic rings. The second-order valence-corrected chi connectivity index (χ2v) is 13.7. The monoisotopic (exact) mass is 602 g/mol. The number of carbonyl (C=O) groups excluding carboxylic acids is 1. The molecule has 1 aliphatic heterocycles. The van der Waals surface area contributed by atoms with Gasteiger partial charge in [0, 0.05) is 30.0 Å². The summed E-state index contributed by atoms with van der Waals surface area (Å²) in [5.74, 6) is -1.49. The number of methoxy groups -OCH3 is 1. The van der Waals surface area contributed by atoms with Crippen molar-refractivity contribution < 1.29 is 32.6 Å². The summed E-state index contributed by atoms with van der Waals surface area (Å²) >= 11 is 0. The maximum Gasteiger partial charge on any atom is 0.397 e. The zero-order valence-corrected chi connectivity index (χ0v) is 26.0. The quantitative estimate of drug-likeness (QED) is 0.332. The summed E-state index contributed by atoms with van der Waals surface area (Å²) in [7, 11) is 1.47. The molecule has 0 radical (unpaired) electrons. The fraction of sp³-hybridized carbons (Fsp3) is 0.588. The smallest absolute Gasteiger partial charge is 0.397 e. The van der Waals surface area contributed by atoms with Crippen molar-refractivity contribution in [3.63, 3.8) is 0 Å². The molecule has 0 spiro atoms. The van der Waals surface area contributed by atoms with Crippen molar-refractivity contribution in [3.05, 3.63) is 65.2 Å². The van der Waals surface area contributed by atoms with Gasteiger partial charge in [0.2, 0.25) is 5.91 Å². The zero-order chi connectivity index (χ0) is 31.7. The molecule has 2 N–H and O–H groups in total. The van der Waals surface area contributed by atoms with Crippen LogP contribution in [0.2, 0.25) is 0 Å². The molecule has 43 heavy (non-hydrogen) atoms. The van der Waals surface area contributed by atoms with E-state index in [9.17, 15) is 27.9 Å². The lowest BCUT2D eigenvalue weighted by Gasteiger charge is -2.36. The third-order valence-electron chi connectivity index (χ3n) is 9.51. The number of alkyl halides is 3. The summed E-state index contributed by atoms with van der Waals surface area (Å²) in [5, 5.41) is 14.2. The van der Waals surface area contributed by atoms with Crippen molar-refractivity contribution in [1.29, 1.82) is 0 Å². The first-order valence-electron chi connectivity index (χ1n) is 15.2. The molecule has 1 saturated carbocycles. The van der Waals surface area contributed by atoms with Crippen LogP contribution >= 0.6 is 0 Å². The number of hydrogen-bond donors (Lipinski definition) is 2. The van der Waals surface area contributed by atoms with E-state index in [4.69, 9.17) is 4.74 Å². The number of amides is 1. The Morgan fingerprint density at radius 2 is 1.60 bits per heavy atom. The number of carboxylic acid groups (broad SMARTS) is 1. The summed E-state index contributed by atoms with van der Waals surface area (Å²) in [5.41, 5.74) is -1.16. The minimum absolute atomic E-state index is 0.105. The number of nitrogens with one attached hydrogen (secondary N) is 1. The largest absolute Gasteiger partial charge is 0.496 e. The third-order valence-corrected chi connectivity index (χ3v) is 9.51. The average Bonchev–Trinajstić information content (AvgIpc) is 3.32. The molecule has 9 heteroatoms. The van der Waals surface area contributed by atoms with E-state index in [0.717, 1.165) is 51.5 Å². The molecule has 4 atom stereocenters. The number of nitrogens with zero attached hydrogens (tertiary/aromatic N) is 1. The second-order valence-electron chi connectivity index (χ2n) is 13.7. The molecule has 1 saturated heterocycles. The van der Waals surface area contributed by atoms with Gasteiger partial charge in [-0.1, -0.05) is 76.4 Å². The number of ether oxygens (including phenoxy) is 1. The summed E-state index contributed by atoms with van der Waals surface area (Å²) in [6, 6.07) is 11.8. The van der Waals surface area contributed by atoms with Gasteiger partial charge < -0.3 is 20.1 Å². The van der Waals surface area contributed by atoms with E-state index in [0.29, 0.717) is 11.3 Å². The van der Waals surface area contributed by atoms with Gasteiger partial charge in [0.1, 0.15) is 11.8 Å². The molecule has 1 heterocycles. The molecule has 0 bridgehead atoms. The fourth-order valence-corrected chi connectivity index (χ4v) is 6.98. The standard InChI is InChI=1S/C34H45F3N2O4/c1-32(2,3)26-27(38-20-23-19-24(17-18-25(23)43-6)33(4,5)34(35,36)37)28(21-13-9-7-10-14-21)39(29(26)31(41)42)30(40)22-15-11-8-12-16-22/h7,9-10,13-14,17-19,22,26-29,38H,8,11-12,15-16,20H2,1-6H3,(H,41,42)/t26-,27-,28-,29-/m0/s1. The van der Waals surface area contributed by atoms with Crippen LogP contribution < -0.4 is 10.1 Å². The molecule has 0 unspecified atom stereocenters. The number of likely N-dealkylation sites (tertiary alicyclic amines) is 1. The van der Waals surface area contributed by atoms with Crippen LogP contribution in [-0.4, -0.2) is 47.3 Å². The van der Waals surface area contributed by atoms with E-state index in [1.807, 2.05) is 51.1 Å². The van der Waals surface area contributed by atoms with Crippen LogP contribution in [0.25, 0.3) is 0 Å². The molecule has 4 rings (SSSR count). The lowest BCUT2D eigenvalue weighted by molar-refractivity contribution is -0.180. The van der Waals surface area contributed by atoms with Crippen LogP contribution in [0.1, 0.15) is 89.5 Å². The summed E-state index contributed by atoms with van der Waals surface area (Å²) in [4.78, 5) is 28.9. The van der Waals surface area contributed by atoms with E-state index in [2.05, 4.69) is 5.32 Å². The first-order valence-corrected chi connectivity index (χ1v) is 15.2. The predicted molar refractivity (Wildman–Crippen MR) is 160 cm³/mol.